The molecule has 0 unspecified atom stereocenters. The first-order valence-electron chi connectivity index (χ1n) is 8.88. The number of nitrogens with zero attached hydrogens (tertiary/aromatic N) is 1. The van der Waals surface area contributed by atoms with E-state index in [0.717, 1.165) is 6.07 Å². The fraction of sp³-hybridized carbons (Fsp3) is 0.263. The maximum absolute atomic E-state index is 13.4. The van der Waals surface area contributed by atoms with Crippen LogP contribution < -0.4 is 14.9 Å². The minimum atomic E-state index is -3.63. The van der Waals surface area contributed by atoms with E-state index in [0.29, 0.717) is 11.3 Å². The zero-order valence-corrected chi connectivity index (χ0v) is 17.4. The monoisotopic (exact) mass is 455 g/mol. The van der Waals surface area contributed by atoms with Gasteiger partial charge in [0.05, 0.1) is 4.90 Å². The van der Waals surface area contributed by atoms with Gasteiger partial charge in [0.25, 0.3) is 11.8 Å². The number of benzene rings is 2. The number of hydrogen-bond acceptors (Lipinski definition) is 5. The second kappa shape index (κ2) is 8.31. The summed E-state index contributed by atoms with van der Waals surface area (Å²) in [7, 11) is -2.35. The molecule has 0 saturated carbocycles. The molecule has 160 valence electrons. The highest BCUT2D eigenvalue weighted by Crippen LogP contribution is 2.29. The minimum absolute atomic E-state index is 0.0159. The van der Waals surface area contributed by atoms with Gasteiger partial charge in [0.1, 0.15) is 5.82 Å². The van der Waals surface area contributed by atoms with Crippen LogP contribution >= 0.6 is 11.6 Å². The standard InChI is InChI=1S/C19H19ClFN3O5S/c1-22-30(28,29)16-4-2-15(3-5-16)24-7-6-19(27,18(24)26)17(25)23-11-12-8-13(20)10-14(21)9-12/h2-5,8-10,22,27H,6-7,11H2,1H3,(H,23,25)/t19-/m0/s1. The predicted molar refractivity (Wildman–Crippen MR) is 108 cm³/mol. The van der Waals surface area contributed by atoms with Gasteiger partial charge in [-0.3, -0.25) is 9.59 Å². The highest BCUT2D eigenvalue weighted by molar-refractivity contribution is 7.89. The maximum atomic E-state index is 13.4. The molecule has 3 N–H and O–H groups in total. The van der Waals surface area contributed by atoms with E-state index in [-0.39, 0.29) is 29.4 Å². The Morgan fingerprint density at radius 2 is 1.93 bits per heavy atom. The quantitative estimate of drug-likeness (QED) is 0.565. The Bertz CT molecular complexity index is 1070. The van der Waals surface area contributed by atoms with Crippen LogP contribution in [-0.4, -0.2) is 44.5 Å². The van der Waals surface area contributed by atoms with Crippen molar-refractivity contribution in [2.45, 2.75) is 23.5 Å². The van der Waals surface area contributed by atoms with Crippen molar-refractivity contribution in [3.63, 3.8) is 0 Å². The zero-order valence-electron chi connectivity index (χ0n) is 15.9. The summed E-state index contributed by atoms with van der Waals surface area (Å²) in [4.78, 5) is 26.4. The van der Waals surface area contributed by atoms with E-state index in [2.05, 4.69) is 10.0 Å². The number of hydrogen-bond donors (Lipinski definition) is 3. The number of carbonyl (C=O) groups excluding carboxylic acids is 2. The average molecular weight is 456 g/mol. The van der Waals surface area contributed by atoms with Crippen LogP contribution in [0.25, 0.3) is 0 Å². The van der Waals surface area contributed by atoms with Crippen LogP contribution in [-0.2, 0) is 26.2 Å². The lowest BCUT2D eigenvalue weighted by molar-refractivity contribution is -0.149. The van der Waals surface area contributed by atoms with E-state index in [1.807, 2.05) is 0 Å². The largest absolute Gasteiger partial charge is 0.372 e. The Balaban J connectivity index is 1.72. The van der Waals surface area contributed by atoms with Crippen LogP contribution in [0, 0.1) is 5.82 Å². The number of rotatable bonds is 6. The fourth-order valence-corrected chi connectivity index (χ4v) is 4.10. The SMILES string of the molecule is CNS(=O)(=O)c1ccc(N2CC[C@](O)(C(=O)NCc3cc(F)cc(Cl)c3)C2=O)cc1. The second-order valence-electron chi connectivity index (χ2n) is 6.73. The van der Waals surface area contributed by atoms with Gasteiger partial charge in [0.2, 0.25) is 15.6 Å². The van der Waals surface area contributed by atoms with Crippen LogP contribution in [0.4, 0.5) is 10.1 Å². The second-order valence-corrected chi connectivity index (χ2v) is 9.05. The molecule has 1 heterocycles. The van der Waals surface area contributed by atoms with Crippen molar-refractivity contribution in [1.82, 2.24) is 10.0 Å². The molecule has 0 radical (unpaired) electrons. The van der Waals surface area contributed by atoms with Crippen LogP contribution in [0.2, 0.25) is 5.02 Å². The van der Waals surface area contributed by atoms with E-state index >= 15 is 0 Å². The summed E-state index contributed by atoms with van der Waals surface area (Å²) < 4.78 is 39.2. The Kier molecular flexibility index (Phi) is 6.14. The molecule has 0 spiro atoms. The third kappa shape index (κ3) is 4.31. The number of anilines is 1. The number of aliphatic hydroxyl groups is 1. The van der Waals surface area contributed by atoms with Gasteiger partial charge < -0.3 is 15.3 Å². The summed E-state index contributed by atoms with van der Waals surface area (Å²) in [5.74, 6) is -2.32. The maximum Gasteiger partial charge on any atom is 0.268 e. The smallest absolute Gasteiger partial charge is 0.268 e. The normalized spacial score (nSPS) is 19.2. The van der Waals surface area contributed by atoms with Gasteiger partial charge in [-0.15, -0.1) is 0 Å². The number of nitrogens with one attached hydrogen (secondary N) is 2. The zero-order chi connectivity index (χ0) is 22.1. The molecular weight excluding hydrogens is 437 g/mol. The van der Waals surface area contributed by atoms with E-state index in [1.165, 1.54) is 48.3 Å². The number of carbonyl (C=O) groups is 2. The first-order chi connectivity index (χ1) is 14.1. The fourth-order valence-electron chi connectivity index (χ4n) is 3.13. The van der Waals surface area contributed by atoms with Crippen molar-refractivity contribution < 1.29 is 27.5 Å². The molecular formula is C19H19ClFN3O5S. The lowest BCUT2D eigenvalue weighted by Crippen LogP contribution is -2.52. The molecule has 1 aliphatic heterocycles. The minimum Gasteiger partial charge on any atom is -0.372 e. The summed E-state index contributed by atoms with van der Waals surface area (Å²) in [6, 6.07) is 9.23. The van der Waals surface area contributed by atoms with Crippen LogP contribution in [0.5, 0.6) is 0 Å². The van der Waals surface area contributed by atoms with E-state index < -0.39 is 33.3 Å². The molecule has 0 aromatic heterocycles. The third-order valence-electron chi connectivity index (χ3n) is 4.77. The molecule has 2 amide bonds. The van der Waals surface area contributed by atoms with Gasteiger partial charge in [-0.1, -0.05) is 11.6 Å². The van der Waals surface area contributed by atoms with Crippen molar-refractivity contribution >= 4 is 39.1 Å². The predicted octanol–water partition coefficient (Wildman–Crippen LogP) is 1.17. The summed E-state index contributed by atoms with van der Waals surface area (Å²) in [6.07, 6.45) is -0.155. The summed E-state index contributed by atoms with van der Waals surface area (Å²) in [5.41, 5.74) is -1.57. The summed E-state index contributed by atoms with van der Waals surface area (Å²) >= 11 is 5.77. The molecule has 0 bridgehead atoms. The van der Waals surface area contributed by atoms with Crippen LogP contribution in [0.1, 0.15) is 12.0 Å². The summed E-state index contributed by atoms with van der Waals surface area (Å²) in [5, 5.41) is 13.2. The van der Waals surface area contributed by atoms with Gasteiger partial charge >= 0.3 is 0 Å². The Hall–Kier alpha value is -2.53. The van der Waals surface area contributed by atoms with Gasteiger partial charge in [-0.25, -0.2) is 17.5 Å². The Morgan fingerprint density at radius 1 is 1.27 bits per heavy atom. The number of amides is 2. The lowest BCUT2D eigenvalue weighted by Gasteiger charge is -2.22. The Morgan fingerprint density at radius 3 is 2.53 bits per heavy atom. The molecule has 8 nitrogen and oxygen atoms in total. The first kappa shape index (κ1) is 22.2. The molecule has 3 rings (SSSR count). The molecule has 2 aromatic carbocycles. The molecule has 11 heteroatoms. The van der Waals surface area contributed by atoms with Gasteiger partial charge in [-0.05, 0) is 55.1 Å². The molecule has 1 atom stereocenters. The molecule has 1 aliphatic rings. The molecule has 30 heavy (non-hydrogen) atoms. The van der Waals surface area contributed by atoms with Crippen molar-refractivity contribution in [3.05, 3.63) is 58.9 Å². The van der Waals surface area contributed by atoms with Crippen molar-refractivity contribution in [1.29, 1.82) is 0 Å². The average Bonchev–Trinajstić information content (AvgIpc) is 3.01. The topological polar surface area (TPSA) is 116 Å². The van der Waals surface area contributed by atoms with E-state index in [1.54, 1.807) is 0 Å². The molecule has 0 aliphatic carbocycles. The number of halogens is 2. The van der Waals surface area contributed by atoms with Gasteiger partial charge in [0, 0.05) is 30.2 Å². The van der Waals surface area contributed by atoms with Crippen LogP contribution in [0.15, 0.2) is 47.4 Å². The van der Waals surface area contributed by atoms with Gasteiger partial charge in [-0.2, -0.15) is 0 Å². The highest BCUT2D eigenvalue weighted by atomic mass is 35.5. The van der Waals surface area contributed by atoms with Crippen molar-refractivity contribution in [2.24, 2.45) is 0 Å². The summed E-state index contributed by atoms with van der Waals surface area (Å²) in [6.45, 7) is -0.0604. The van der Waals surface area contributed by atoms with E-state index in [9.17, 15) is 27.5 Å². The molecule has 1 saturated heterocycles. The Labute approximate surface area is 177 Å². The van der Waals surface area contributed by atoms with Crippen molar-refractivity contribution in [2.75, 3.05) is 18.5 Å². The molecule has 2 aromatic rings. The van der Waals surface area contributed by atoms with Crippen molar-refractivity contribution in [3.8, 4) is 0 Å². The third-order valence-corrected chi connectivity index (χ3v) is 6.42. The van der Waals surface area contributed by atoms with E-state index in [4.69, 9.17) is 11.6 Å². The molecule has 1 fully saturated rings. The highest BCUT2D eigenvalue weighted by Gasteiger charge is 2.51. The number of sulfonamides is 1. The lowest BCUT2D eigenvalue weighted by atomic mass is 10.0. The first-order valence-corrected chi connectivity index (χ1v) is 10.7. The van der Waals surface area contributed by atoms with Gasteiger partial charge in [0.15, 0.2) is 0 Å². The van der Waals surface area contributed by atoms with Crippen LogP contribution in [0.3, 0.4) is 0 Å².